The molecule has 7 heteroatoms. The minimum Gasteiger partial charge on any atom is -0.508 e. The summed E-state index contributed by atoms with van der Waals surface area (Å²) in [5.41, 5.74) is -0.869. The summed E-state index contributed by atoms with van der Waals surface area (Å²) in [6.45, 7) is 0. The summed E-state index contributed by atoms with van der Waals surface area (Å²) in [6, 6.07) is 8.93. The number of carbonyl (C=O) groups is 2. The Hall–Kier alpha value is -3.22. The van der Waals surface area contributed by atoms with E-state index in [-0.39, 0.29) is 17.1 Å². The third-order valence-electron chi connectivity index (χ3n) is 3.58. The fourth-order valence-corrected chi connectivity index (χ4v) is 2.50. The number of carbonyl (C=O) groups excluding carboxylic acids is 2. The third-order valence-corrected chi connectivity index (χ3v) is 3.58. The molecule has 0 radical (unpaired) electrons. The van der Waals surface area contributed by atoms with Gasteiger partial charge in [-0.15, -0.1) is 0 Å². The van der Waals surface area contributed by atoms with Crippen LogP contribution in [-0.2, 0) is 10.3 Å². The van der Waals surface area contributed by atoms with Crippen molar-refractivity contribution in [2.45, 2.75) is 5.54 Å². The highest BCUT2D eigenvalue weighted by Crippen LogP contribution is 2.37. The third kappa shape index (κ3) is 1.91. The molecule has 1 unspecified atom stereocenters. The number of hydrogen-bond donors (Lipinski definition) is 5. The standard InChI is InChI=1S/C15H12N2O5/c18-10-4-1-8(2-5-10)15(13(21)16-14(22)17-15)9-3-6-11(19)12(20)7-9/h1-7,18-20H,(H2,16,17,21,22). The first-order chi connectivity index (χ1) is 10.4. The van der Waals surface area contributed by atoms with Gasteiger partial charge in [-0.2, -0.15) is 0 Å². The number of phenols is 3. The lowest BCUT2D eigenvalue weighted by molar-refractivity contribution is -0.122. The topological polar surface area (TPSA) is 119 Å². The predicted octanol–water partition coefficient (Wildman–Crippen LogP) is 0.886. The van der Waals surface area contributed by atoms with Crippen molar-refractivity contribution in [2.24, 2.45) is 0 Å². The van der Waals surface area contributed by atoms with Crippen molar-refractivity contribution >= 4 is 11.9 Å². The van der Waals surface area contributed by atoms with Gasteiger partial charge in [-0.25, -0.2) is 4.79 Å². The molecule has 7 nitrogen and oxygen atoms in total. The molecule has 112 valence electrons. The molecule has 2 aromatic carbocycles. The zero-order valence-corrected chi connectivity index (χ0v) is 11.2. The van der Waals surface area contributed by atoms with E-state index in [2.05, 4.69) is 10.6 Å². The van der Waals surface area contributed by atoms with Crippen LogP contribution in [0.2, 0.25) is 0 Å². The maximum absolute atomic E-state index is 12.4. The molecule has 1 aliphatic heterocycles. The largest absolute Gasteiger partial charge is 0.508 e. The van der Waals surface area contributed by atoms with Crippen molar-refractivity contribution < 1.29 is 24.9 Å². The summed E-state index contributed by atoms with van der Waals surface area (Å²) in [6.07, 6.45) is 0. The molecule has 0 aliphatic carbocycles. The lowest BCUT2D eigenvalue weighted by Gasteiger charge is -2.27. The second-order valence-electron chi connectivity index (χ2n) is 4.91. The van der Waals surface area contributed by atoms with Crippen LogP contribution in [0.5, 0.6) is 17.2 Å². The fourth-order valence-electron chi connectivity index (χ4n) is 2.50. The second-order valence-corrected chi connectivity index (χ2v) is 4.91. The Morgan fingerprint density at radius 1 is 0.818 bits per heavy atom. The van der Waals surface area contributed by atoms with Gasteiger partial charge in [0, 0.05) is 0 Å². The average Bonchev–Trinajstić information content (AvgIpc) is 2.78. The van der Waals surface area contributed by atoms with Crippen LogP contribution in [0.25, 0.3) is 0 Å². The molecule has 0 spiro atoms. The average molecular weight is 300 g/mol. The first kappa shape index (κ1) is 13.7. The van der Waals surface area contributed by atoms with Crippen molar-refractivity contribution in [1.29, 1.82) is 0 Å². The maximum atomic E-state index is 12.4. The van der Waals surface area contributed by atoms with Gasteiger partial charge in [0.1, 0.15) is 5.75 Å². The van der Waals surface area contributed by atoms with Gasteiger partial charge in [-0.05, 0) is 35.4 Å². The molecule has 1 fully saturated rings. The first-order valence-electron chi connectivity index (χ1n) is 6.39. The van der Waals surface area contributed by atoms with Crippen LogP contribution in [-0.4, -0.2) is 27.3 Å². The van der Waals surface area contributed by atoms with Gasteiger partial charge in [0.05, 0.1) is 0 Å². The predicted molar refractivity (Wildman–Crippen MR) is 75.3 cm³/mol. The van der Waals surface area contributed by atoms with Crippen LogP contribution in [0.1, 0.15) is 11.1 Å². The summed E-state index contributed by atoms with van der Waals surface area (Å²) >= 11 is 0. The lowest BCUT2D eigenvalue weighted by Crippen LogP contribution is -2.44. The van der Waals surface area contributed by atoms with E-state index in [1.807, 2.05) is 0 Å². The number of aromatic hydroxyl groups is 3. The number of urea groups is 1. The highest BCUT2D eigenvalue weighted by molar-refractivity contribution is 6.09. The van der Waals surface area contributed by atoms with Crippen LogP contribution in [0.4, 0.5) is 4.79 Å². The Labute approximate surface area is 124 Å². The van der Waals surface area contributed by atoms with E-state index >= 15 is 0 Å². The molecule has 1 saturated heterocycles. The molecule has 5 N–H and O–H groups in total. The van der Waals surface area contributed by atoms with Gasteiger partial charge in [-0.3, -0.25) is 10.1 Å². The minimum absolute atomic E-state index is 0.0113. The first-order valence-corrected chi connectivity index (χ1v) is 6.39. The van der Waals surface area contributed by atoms with Crippen molar-refractivity contribution in [3.8, 4) is 17.2 Å². The summed E-state index contributed by atoms with van der Waals surface area (Å²) in [4.78, 5) is 24.0. The maximum Gasteiger partial charge on any atom is 0.322 e. The van der Waals surface area contributed by atoms with Crippen LogP contribution in [0, 0.1) is 0 Å². The molecule has 0 aromatic heterocycles. The SMILES string of the molecule is O=C1NC(=O)C(c2ccc(O)cc2)(c2ccc(O)c(O)c2)N1. The molecular formula is C15H12N2O5. The Balaban J connectivity index is 2.23. The quantitative estimate of drug-likeness (QED) is 0.417. The van der Waals surface area contributed by atoms with Crippen molar-refractivity contribution in [1.82, 2.24) is 10.6 Å². The van der Waals surface area contributed by atoms with Gasteiger partial charge in [0.2, 0.25) is 0 Å². The number of hydrogen-bond acceptors (Lipinski definition) is 5. The molecule has 1 aliphatic rings. The number of phenolic OH excluding ortho intramolecular Hbond substituents is 3. The molecule has 0 bridgehead atoms. The molecule has 3 amide bonds. The van der Waals surface area contributed by atoms with E-state index < -0.39 is 23.2 Å². The number of rotatable bonds is 2. The molecule has 22 heavy (non-hydrogen) atoms. The Morgan fingerprint density at radius 2 is 1.45 bits per heavy atom. The van der Waals surface area contributed by atoms with Crippen molar-refractivity contribution in [3.05, 3.63) is 53.6 Å². The monoisotopic (exact) mass is 300 g/mol. The molecule has 1 atom stereocenters. The van der Waals surface area contributed by atoms with Gasteiger partial charge >= 0.3 is 6.03 Å². The zero-order chi connectivity index (χ0) is 15.9. The van der Waals surface area contributed by atoms with Gasteiger partial charge < -0.3 is 20.6 Å². The van der Waals surface area contributed by atoms with E-state index in [0.717, 1.165) is 0 Å². The normalized spacial score (nSPS) is 20.5. The van der Waals surface area contributed by atoms with Gasteiger partial charge in [-0.1, -0.05) is 18.2 Å². The number of benzene rings is 2. The summed E-state index contributed by atoms with van der Waals surface area (Å²) < 4.78 is 0. The molecule has 0 saturated carbocycles. The van der Waals surface area contributed by atoms with E-state index in [1.165, 1.54) is 42.5 Å². The summed E-state index contributed by atoms with van der Waals surface area (Å²) in [5, 5.41) is 33.2. The number of amides is 3. The van der Waals surface area contributed by atoms with E-state index in [1.54, 1.807) is 0 Å². The molecular weight excluding hydrogens is 288 g/mol. The second kappa shape index (κ2) is 4.66. The van der Waals surface area contributed by atoms with Crippen molar-refractivity contribution in [3.63, 3.8) is 0 Å². The van der Waals surface area contributed by atoms with Gasteiger partial charge in [0.25, 0.3) is 5.91 Å². The van der Waals surface area contributed by atoms with Crippen LogP contribution in [0.3, 0.4) is 0 Å². The minimum atomic E-state index is -1.55. The van der Waals surface area contributed by atoms with Crippen molar-refractivity contribution in [2.75, 3.05) is 0 Å². The Bertz CT molecular complexity index is 772. The number of nitrogens with one attached hydrogen (secondary N) is 2. The van der Waals surface area contributed by atoms with Gasteiger partial charge in [0.15, 0.2) is 17.0 Å². The van der Waals surface area contributed by atoms with E-state index in [9.17, 15) is 24.9 Å². The lowest BCUT2D eigenvalue weighted by atomic mass is 9.82. The Morgan fingerprint density at radius 3 is 2.00 bits per heavy atom. The molecule has 2 aromatic rings. The number of imide groups is 1. The van der Waals surface area contributed by atoms with Crippen LogP contribution in [0.15, 0.2) is 42.5 Å². The smallest absolute Gasteiger partial charge is 0.322 e. The fraction of sp³-hybridized carbons (Fsp3) is 0.0667. The zero-order valence-electron chi connectivity index (χ0n) is 11.2. The highest BCUT2D eigenvalue weighted by atomic mass is 16.3. The van der Waals surface area contributed by atoms with E-state index in [4.69, 9.17) is 0 Å². The summed E-state index contributed by atoms with van der Waals surface area (Å²) in [7, 11) is 0. The summed E-state index contributed by atoms with van der Waals surface area (Å²) in [5.74, 6) is -1.36. The molecule has 1 heterocycles. The molecule has 3 rings (SSSR count). The van der Waals surface area contributed by atoms with Crippen LogP contribution >= 0.6 is 0 Å². The van der Waals surface area contributed by atoms with Crippen LogP contribution < -0.4 is 10.6 Å². The highest BCUT2D eigenvalue weighted by Gasteiger charge is 2.49. The Kier molecular flexibility index (Phi) is 2.91. The van der Waals surface area contributed by atoms with E-state index in [0.29, 0.717) is 5.56 Å².